The molecule has 0 fully saturated rings. The Kier molecular flexibility index (Phi) is 5.85. The lowest BCUT2D eigenvalue weighted by Crippen LogP contribution is -2.37. The maximum atomic E-state index is 12.1. The summed E-state index contributed by atoms with van der Waals surface area (Å²) >= 11 is 0. The third-order valence-electron chi connectivity index (χ3n) is 4.52. The first-order valence-corrected chi connectivity index (χ1v) is 8.87. The molecule has 2 amide bonds. The average Bonchev–Trinajstić information content (AvgIpc) is 2.72. The summed E-state index contributed by atoms with van der Waals surface area (Å²) in [5, 5.41) is 27.9. The Bertz CT molecular complexity index is 1090. The van der Waals surface area contributed by atoms with Crippen molar-refractivity contribution in [1.82, 2.24) is 5.32 Å². The van der Waals surface area contributed by atoms with Gasteiger partial charge in [0.2, 0.25) is 0 Å². The molecule has 8 heteroatoms. The zero-order valence-electron chi connectivity index (χ0n) is 15.6. The van der Waals surface area contributed by atoms with Crippen LogP contribution in [0.2, 0.25) is 0 Å². The summed E-state index contributed by atoms with van der Waals surface area (Å²) in [5.74, 6) is -1.92. The smallest absolute Gasteiger partial charge is 0.313 e. The second-order valence-corrected chi connectivity index (χ2v) is 6.50. The summed E-state index contributed by atoms with van der Waals surface area (Å²) in [7, 11) is 0. The highest BCUT2D eigenvalue weighted by molar-refractivity contribution is 6.39. The van der Waals surface area contributed by atoms with Gasteiger partial charge in [0.25, 0.3) is 5.69 Å². The second-order valence-electron chi connectivity index (χ2n) is 6.50. The van der Waals surface area contributed by atoms with Gasteiger partial charge in [0.1, 0.15) is 0 Å². The Labute approximate surface area is 166 Å². The normalized spacial score (nSPS) is 11.7. The van der Waals surface area contributed by atoms with Gasteiger partial charge in [0, 0.05) is 18.7 Å². The minimum atomic E-state index is -1.00. The Balaban J connectivity index is 1.65. The van der Waals surface area contributed by atoms with Crippen LogP contribution in [-0.4, -0.2) is 28.4 Å². The number of nitro groups is 1. The van der Waals surface area contributed by atoms with Gasteiger partial charge in [-0.05, 0) is 28.8 Å². The molecule has 3 aromatic carbocycles. The molecule has 3 N–H and O–H groups in total. The lowest BCUT2D eigenvalue weighted by molar-refractivity contribution is -0.384. The van der Waals surface area contributed by atoms with Crippen LogP contribution in [0.3, 0.4) is 0 Å². The molecule has 0 aliphatic carbocycles. The molecule has 0 heterocycles. The van der Waals surface area contributed by atoms with Crippen LogP contribution >= 0.6 is 0 Å². The zero-order valence-corrected chi connectivity index (χ0v) is 15.6. The molecule has 1 unspecified atom stereocenters. The van der Waals surface area contributed by atoms with Crippen LogP contribution in [0.4, 0.5) is 11.4 Å². The standard InChI is InChI=1S/C21H19N3O5/c1-13-9-10-15(24(28)29)11-18(13)23-21(27)20(26)22-12-19(25)17-8-4-6-14-5-2-3-7-16(14)17/h2-11,19,25H,12H2,1H3,(H,22,26)(H,23,27). The first kappa shape index (κ1) is 20.0. The summed E-state index contributed by atoms with van der Waals surface area (Å²) in [6, 6.07) is 17.0. The molecule has 0 spiro atoms. The number of aliphatic hydroxyl groups is 1. The molecular weight excluding hydrogens is 374 g/mol. The van der Waals surface area contributed by atoms with Crippen LogP contribution in [0.15, 0.2) is 60.7 Å². The highest BCUT2D eigenvalue weighted by atomic mass is 16.6. The quantitative estimate of drug-likeness (QED) is 0.350. The number of hydrogen-bond acceptors (Lipinski definition) is 5. The predicted octanol–water partition coefficient (Wildman–Crippen LogP) is 2.84. The number of nitrogens with zero attached hydrogens (tertiary/aromatic N) is 1. The van der Waals surface area contributed by atoms with Gasteiger partial charge in [-0.2, -0.15) is 0 Å². The van der Waals surface area contributed by atoms with Crippen molar-refractivity contribution in [2.75, 3.05) is 11.9 Å². The van der Waals surface area contributed by atoms with Crippen LogP contribution in [0.25, 0.3) is 10.8 Å². The number of amides is 2. The van der Waals surface area contributed by atoms with Crippen molar-refractivity contribution in [2.45, 2.75) is 13.0 Å². The molecule has 0 aromatic heterocycles. The topological polar surface area (TPSA) is 122 Å². The second kappa shape index (κ2) is 8.49. The molecule has 3 rings (SSSR count). The number of rotatable bonds is 5. The summed E-state index contributed by atoms with van der Waals surface area (Å²) in [4.78, 5) is 34.5. The maximum absolute atomic E-state index is 12.1. The van der Waals surface area contributed by atoms with E-state index in [1.165, 1.54) is 18.2 Å². The van der Waals surface area contributed by atoms with E-state index < -0.39 is 22.8 Å². The van der Waals surface area contributed by atoms with Gasteiger partial charge >= 0.3 is 11.8 Å². The number of carbonyl (C=O) groups excluding carboxylic acids is 2. The van der Waals surface area contributed by atoms with Crippen LogP contribution in [0, 0.1) is 17.0 Å². The largest absolute Gasteiger partial charge is 0.387 e. The van der Waals surface area contributed by atoms with E-state index in [1.807, 2.05) is 30.3 Å². The molecule has 0 bridgehead atoms. The molecule has 29 heavy (non-hydrogen) atoms. The van der Waals surface area contributed by atoms with Gasteiger partial charge in [-0.15, -0.1) is 0 Å². The maximum Gasteiger partial charge on any atom is 0.313 e. The Morgan fingerprint density at radius 3 is 2.55 bits per heavy atom. The molecule has 0 saturated carbocycles. The predicted molar refractivity (Wildman–Crippen MR) is 108 cm³/mol. The number of fused-ring (bicyclic) bond motifs is 1. The monoisotopic (exact) mass is 393 g/mol. The lowest BCUT2D eigenvalue weighted by Gasteiger charge is -2.15. The SMILES string of the molecule is Cc1ccc([N+](=O)[O-])cc1NC(=O)C(=O)NCC(O)c1cccc2ccccc12. The van der Waals surface area contributed by atoms with E-state index in [9.17, 15) is 24.8 Å². The summed E-state index contributed by atoms with van der Waals surface area (Å²) in [6.45, 7) is 1.50. The van der Waals surface area contributed by atoms with Crippen LogP contribution < -0.4 is 10.6 Å². The summed E-state index contributed by atoms with van der Waals surface area (Å²) in [5.41, 5.74) is 1.19. The van der Waals surface area contributed by atoms with Crippen LogP contribution in [0.5, 0.6) is 0 Å². The van der Waals surface area contributed by atoms with E-state index in [-0.39, 0.29) is 17.9 Å². The lowest BCUT2D eigenvalue weighted by atomic mass is 10.0. The average molecular weight is 393 g/mol. The van der Waals surface area contributed by atoms with Crippen molar-refractivity contribution in [3.8, 4) is 0 Å². The molecule has 0 saturated heterocycles. The van der Waals surface area contributed by atoms with Crippen molar-refractivity contribution in [3.63, 3.8) is 0 Å². The highest BCUT2D eigenvalue weighted by Crippen LogP contribution is 2.24. The van der Waals surface area contributed by atoms with E-state index in [4.69, 9.17) is 0 Å². The van der Waals surface area contributed by atoms with Gasteiger partial charge in [-0.1, -0.05) is 48.5 Å². The Morgan fingerprint density at radius 2 is 1.79 bits per heavy atom. The number of carbonyl (C=O) groups is 2. The van der Waals surface area contributed by atoms with E-state index in [1.54, 1.807) is 19.1 Å². The third kappa shape index (κ3) is 4.56. The number of hydrogen-bond donors (Lipinski definition) is 3. The number of benzene rings is 3. The van der Waals surface area contributed by atoms with Crippen molar-refractivity contribution in [1.29, 1.82) is 0 Å². The van der Waals surface area contributed by atoms with Gasteiger partial charge in [0.05, 0.1) is 16.7 Å². The Morgan fingerprint density at radius 1 is 1.07 bits per heavy atom. The minimum absolute atomic E-state index is 0.159. The van der Waals surface area contributed by atoms with Crippen molar-refractivity contribution in [3.05, 3.63) is 81.9 Å². The third-order valence-corrected chi connectivity index (χ3v) is 4.52. The first-order chi connectivity index (χ1) is 13.9. The molecule has 1 atom stereocenters. The van der Waals surface area contributed by atoms with E-state index in [0.29, 0.717) is 11.1 Å². The van der Waals surface area contributed by atoms with Gasteiger partial charge in [-0.25, -0.2) is 0 Å². The molecule has 148 valence electrons. The molecule has 0 aliphatic heterocycles. The minimum Gasteiger partial charge on any atom is -0.387 e. The number of anilines is 1. The molecule has 0 radical (unpaired) electrons. The fourth-order valence-electron chi connectivity index (χ4n) is 2.96. The van der Waals surface area contributed by atoms with E-state index >= 15 is 0 Å². The summed E-state index contributed by atoms with van der Waals surface area (Å²) < 4.78 is 0. The van der Waals surface area contributed by atoms with Crippen LogP contribution in [-0.2, 0) is 9.59 Å². The van der Waals surface area contributed by atoms with Crippen LogP contribution in [0.1, 0.15) is 17.2 Å². The number of aryl methyl sites for hydroxylation is 1. The van der Waals surface area contributed by atoms with E-state index in [2.05, 4.69) is 10.6 Å². The van der Waals surface area contributed by atoms with Gasteiger partial charge in [0.15, 0.2) is 0 Å². The van der Waals surface area contributed by atoms with Gasteiger partial charge < -0.3 is 15.7 Å². The molecular formula is C21H19N3O5. The number of aliphatic hydroxyl groups excluding tert-OH is 1. The van der Waals surface area contributed by atoms with Gasteiger partial charge in [-0.3, -0.25) is 19.7 Å². The Hall–Kier alpha value is -3.78. The first-order valence-electron chi connectivity index (χ1n) is 8.87. The van der Waals surface area contributed by atoms with Crippen molar-refractivity contribution >= 4 is 34.0 Å². The zero-order chi connectivity index (χ0) is 21.0. The number of non-ortho nitro benzene ring substituents is 1. The number of nitro benzene ring substituents is 1. The highest BCUT2D eigenvalue weighted by Gasteiger charge is 2.19. The van der Waals surface area contributed by atoms with Crippen molar-refractivity contribution < 1.29 is 19.6 Å². The fraction of sp³-hybridized carbons (Fsp3) is 0.143. The molecule has 8 nitrogen and oxygen atoms in total. The number of nitrogens with one attached hydrogen (secondary N) is 2. The molecule has 0 aliphatic rings. The summed E-state index contributed by atoms with van der Waals surface area (Å²) in [6.07, 6.45) is -1.00. The molecule has 3 aromatic rings. The van der Waals surface area contributed by atoms with E-state index in [0.717, 1.165) is 10.8 Å². The fourth-order valence-corrected chi connectivity index (χ4v) is 2.96. The van der Waals surface area contributed by atoms with Crippen molar-refractivity contribution in [2.24, 2.45) is 0 Å².